The smallest absolute Gasteiger partial charge is 0.167 e. The number of carbonyl (C=O) groups excluding carboxylic acids is 1. The van der Waals surface area contributed by atoms with Crippen molar-refractivity contribution in [2.75, 3.05) is 0 Å². The third-order valence-corrected chi connectivity index (χ3v) is 2.70. The fourth-order valence-corrected chi connectivity index (χ4v) is 1.72. The van der Waals surface area contributed by atoms with E-state index in [9.17, 15) is 9.18 Å². The second kappa shape index (κ2) is 5.11. The lowest BCUT2D eigenvalue weighted by Gasteiger charge is -2.03. The summed E-state index contributed by atoms with van der Waals surface area (Å²) in [6.45, 7) is 0. The van der Waals surface area contributed by atoms with Gasteiger partial charge in [0.25, 0.3) is 0 Å². The standard InChI is InChI=1S/C14H10ClFO/c15-12-7-6-11(13(16)9-12)8-14(17)10-4-2-1-3-5-10/h1-7,9H,8H2. The Bertz CT molecular complexity index is 537. The van der Waals surface area contributed by atoms with Crippen molar-refractivity contribution in [2.45, 2.75) is 6.42 Å². The Labute approximate surface area is 104 Å². The molecule has 0 saturated carbocycles. The van der Waals surface area contributed by atoms with Crippen LogP contribution in [0.15, 0.2) is 48.5 Å². The Hall–Kier alpha value is -1.67. The first-order valence-electron chi connectivity index (χ1n) is 5.19. The topological polar surface area (TPSA) is 17.1 Å². The number of halogens is 2. The predicted molar refractivity (Wildman–Crippen MR) is 65.9 cm³/mol. The molecule has 2 rings (SSSR count). The van der Waals surface area contributed by atoms with Crippen LogP contribution in [0.3, 0.4) is 0 Å². The van der Waals surface area contributed by atoms with E-state index in [1.54, 1.807) is 36.4 Å². The van der Waals surface area contributed by atoms with Crippen LogP contribution in [0.2, 0.25) is 5.02 Å². The van der Waals surface area contributed by atoms with E-state index in [1.165, 1.54) is 6.07 Å². The highest BCUT2D eigenvalue weighted by Gasteiger charge is 2.10. The molecule has 2 aromatic rings. The minimum Gasteiger partial charge on any atom is -0.294 e. The number of carbonyl (C=O) groups is 1. The second-order valence-electron chi connectivity index (χ2n) is 3.70. The van der Waals surface area contributed by atoms with Crippen molar-refractivity contribution in [2.24, 2.45) is 0 Å². The van der Waals surface area contributed by atoms with Gasteiger partial charge in [0.1, 0.15) is 5.82 Å². The normalized spacial score (nSPS) is 10.2. The van der Waals surface area contributed by atoms with Gasteiger partial charge in [-0.3, -0.25) is 4.79 Å². The van der Waals surface area contributed by atoms with Crippen molar-refractivity contribution in [3.63, 3.8) is 0 Å². The SMILES string of the molecule is O=C(Cc1ccc(Cl)cc1F)c1ccccc1. The summed E-state index contributed by atoms with van der Waals surface area (Å²) in [6.07, 6.45) is 0.0486. The Kier molecular flexibility index (Phi) is 3.55. The zero-order chi connectivity index (χ0) is 12.3. The highest BCUT2D eigenvalue weighted by molar-refractivity contribution is 6.30. The highest BCUT2D eigenvalue weighted by atomic mass is 35.5. The Morgan fingerprint density at radius 3 is 2.47 bits per heavy atom. The molecule has 0 amide bonds. The minimum atomic E-state index is -0.443. The monoisotopic (exact) mass is 248 g/mol. The van der Waals surface area contributed by atoms with Gasteiger partial charge in [0.15, 0.2) is 5.78 Å². The summed E-state index contributed by atoms with van der Waals surface area (Å²) in [5, 5.41) is 0.332. The molecule has 0 heterocycles. The molecule has 86 valence electrons. The van der Waals surface area contributed by atoms with Crippen LogP contribution in [0.5, 0.6) is 0 Å². The van der Waals surface area contributed by atoms with Gasteiger partial charge in [-0.15, -0.1) is 0 Å². The van der Waals surface area contributed by atoms with Crippen molar-refractivity contribution in [3.8, 4) is 0 Å². The summed E-state index contributed by atoms with van der Waals surface area (Å²) < 4.78 is 13.5. The molecule has 0 N–H and O–H groups in total. The van der Waals surface area contributed by atoms with Crippen LogP contribution in [0.1, 0.15) is 15.9 Å². The molecule has 0 aromatic heterocycles. The molecule has 0 saturated heterocycles. The van der Waals surface area contributed by atoms with Gasteiger partial charge in [-0.1, -0.05) is 48.0 Å². The van der Waals surface area contributed by atoms with Gasteiger partial charge in [0, 0.05) is 17.0 Å². The molecule has 0 aliphatic heterocycles. The van der Waals surface area contributed by atoms with Gasteiger partial charge in [-0.05, 0) is 17.7 Å². The summed E-state index contributed by atoms with van der Waals surface area (Å²) >= 11 is 5.65. The average molecular weight is 249 g/mol. The lowest BCUT2D eigenvalue weighted by molar-refractivity contribution is 0.0992. The molecule has 17 heavy (non-hydrogen) atoms. The van der Waals surface area contributed by atoms with Gasteiger partial charge in [0.05, 0.1) is 0 Å². The number of benzene rings is 2. The van der Waals surface area contributed by atoms with Crippen LogP contribution in [0.4, 0.5) is 4.39 Å². The van der Waals surface area contributed by atoms with E-state index in [2.05, 4.69) is 0 Å². The maximum atomic E-state index is 13.5. The summed E-state index contributed by atoms with van der Waals surface area (Å²) in [5.41, 5.74) is 0.949. The molecule has 1 nitrogen and oxygen atoms in total. The van der Waals surface area contributed by atoms with Crippen LogP contribution in [0.25, 0.3) is 0 Å². The molecule has 0 unspecified atom stereocenters. The first-order chi connectivity index (χ1) is 8.16. The number of hydrogen-bond acceptors (Lipinski definition) is 1. The summed E-state index contributed by atoms with van der Waals surface area (Å²) in [6, 6.07) is 13.2. The summed E-state index contributed by atoms with van der Waals surface area (Å²) in [7, 11) is 0. The molecular weight excluding hydrogens is 239 g/mol. The molecule has 0 aliphatic rings. The lowest BCUT2D eigenvalue weighted by Crippen LogP contribution is -2.04. The van der Waals surface area contributed by atoms with Crippen LogP contribution >= 0.6 is 11.6 Å². The van der Waals surface area contributed by atoms with Gasteiger partial charge in [-0.25, -0.2) is 4.39 Å². The zero-order valence-corrected chi connectivity index (χ0v) is 9.75. The van der Waals surface area contributed by atoms with Crippen molar-refractivity contribution >= 4 is 17.4 Å². The molecule has 0 bridgehead atoms. The predicted octanol–water partition coefficient (Wildman–Crippen LogP) is 3.90. The Balaban J connectivity index is 2.19. The Morgan fingerprint density at radius 1 is 1.12 bits per heavy atom. The molecule has 3 heteroatoms. The highest BCUT2D eigenvalue weighted by Crippen LogP contribution is 2.16. The molecule has 0 spiro atoms. The maximum absolute atomic E-state index is 13.5. The van der Waals surface area contributed by atoms with Crippen LogP contribution in [-0.4, -0.2) is 5.78 Å². The molecule has 0 aliphatic carbocycles. The number of ketones is 1. The molecule has 0 radical (unpaired) electrons. The van der Waals surface area contributed by atoms with Gasteiger partial charge in [-0.2, -0.15) is 0 Å². The zero-order valence-electron chi connectivity index (χ0n) is 8.99. The van der Waals surface area contributed by atoms with E-state index < -0.39 is 5.82 Å². The first kappa shape index (κ1) is 11.8. The second-order valence-corrected chi connectivity index (χ2v) is 4.14. The number of rotatable bonds is 3. The quantitative estimate of drug-likeness (QED) is 0.753. The molecule has 0 fully saturated rings. The fraction of sp³-hybridized carbons (Fsp3) is 0.0714. The van der Waals surface area contributed by atoms with Crippen molar-refractivity contribution < 1.29 is 9.18 Å². The van der Waals surface area contributed by atoms with Crippen LogP contribution in [-0.2, 0) is 6.42 Å². The van der Waals surface area contributed by atoms with Gasteiger partial charge >= 0.3 is 0 Å². The summed E-state index contributed by atoms with van der Waals surface area (Å²) in [4.78, 5) is 11.9. The van der Waals surface area contributed by atoms with E-state index in [0.717, 1.165) is 0 Å². The van der Waals surface area contributed by atoms with Crippen molar-refractivity contribution in [3.05, 3.63) is 70.5 Å². The van der Waals surface area contributed by atoms with Crippen LogP contribution in [0, 0.1) is 5.82 Å². The van der Waals surface area contributed by atoms with E-state index in [4.69, 9.17) is 11.6 Å². The molecule has 2 aromatic carbocycles. The van der Waals surface area contributed by atoms with E-state index >= 15 is 0 Å². The lowest BCUT2D eigenvalue weighted by atomic mass is 10.0. The minimum absolute atomic E-state index is 0.0486. The third kappa shape index (κ3) is 2.92. The van der Waals surface area contributed by atoms with Crippen LogP contribution < -0.4 is 0 Å². The van der Waals surface area contributed by atoms with Crippen molar-refractivity contribution in [1.29, 1.82) is 0 Å². The maximum Gasteiger partial charge on any atom is 0.167 e. The van der Waals surface area contributed by atoms with E-state index in [0.29, 0.717) is 16.1 Å². The van der Waals surface area contributed by atoms with E-state index in [-0.39, 0.29) is 12.2 Å². The third-order valence-electron chi connectivity index (χ3n) is 2.46. The largest absolute Gasteiger partial charge is 0.294 e. The van der Waals surface area contributed by atoms with Gasteiger partial charge in [0.2, 0.25) is 0 Å². The molecular formula is C14H10ClFO. The number of Topliss-reactive ketones (excluding diaryl/α,β-unsaturated/α-hetero) is 1. The Morgan fingerprint density at radius 2 is 1.82 bits per heavy atom. The van der Waals surface area contributed by atoms with Crippen molar-refractivity contribution in [1.82, 2.24) is 0 Å². The molecule has 0 atom stereocenters. The van der Waals surface area contributed by atoms with Gasteiger partial charge < -0.3 is 0 Å². The first-order valence-corrected chi connectivity index (χ1v) is 5.57. The fourth-order valence-electron chi connectivity index (χ4n) is 1.56. The van der Waals surface area contributed by atoms with E-state index in [1.807, 2.05) is 6.07 Å². The average Bonchev–Trinajstić information content (AvgIpc) is 2.34. The summed E-state index contributed by atoms with van der Waals surface area (Å²) in [5.74, 6) is -0.548. The number of hydrogen-bond donors (Lipinski definition) is 0.